The van der Waals surface area contributed by atoms with Crippen molar-refractivity contribution in [2.45, 2.75) is 46.5 Å². The van der Waals surface area contributed by atoms with E-state index < -0.39 is 11.4 Å². The second-order valence-electron chi connectivity index (χ2n) is 5.81. The maximum Gasteiger partial charge on any atom is 0.303 e. The standard InChI is InChI=1S/C16H23NO3/c1-5-16(3,4)15(20)17-13-8-6-12(7-9-13)11(2)10-14(18)19/h6-9,11H,5,10H2,1-4H3,(H,17,20)(H,18,19). The van der Waals surface area contributed by atoms with Crippen LogP contribution < -0.4 is 5.32 Å². The summed E-state index contributed by atoms with van der Waals surface area (Å²) in [5.74, 6) is -0.852. The Labute approximate surface area is 120 Å². The molecule has 4 heteroatoms. The van der Waals surface area contributed by atoms with Gasteiger partial charge in [-0.15, -0.1) is 0 Å². The average Bonchev–Trinajstić information content (AvgIpc) is 2.38. The molecular formula is C16H23NO3. The van der Waals surface area contributed by atoms with Crippen molar-refractivity contribution in [3.8, 4) is 0 Å². The molecule has 2 N–H and O–H groups in total. The largest absolute Gasteiger partial charge is 0.481 e. The van der Waals surface area contributed by atoms with Crippen LogP contribution in [-0.2, 0) is 9.59 Å². The van der Waals surface area contributed by atoms with Gasteiger partial charge >= 0.3 is 5.97 Å². The average molecular weight is 277 g/mol. The zero-order valence-electron chi connectivity index (χ0n) is 12.6. The van der Waals surface area contributed by atoms with Crippen LogP contribution in [0.4, 0.5) is 5.69 Å². The van der Waals surface area contributed by atoms with E-state index in [4.69, 9.17) is 5.11 Å². The van der Waals surface area contributed by atoms with Crippen molar-refractivity contribution in [1.29, 1.82) is 0 Å². The maximum atomic E-state index is 12.0. The smallest absolute Gasteiger partial charge is 0.303 e. The van der Waals surface area contributed by atoms with E-state index in [0.29, 0.717) is 0 Å². The van der Waals surface area contributed by atoms with Crippen LogP contribution in [0.15, 0.2) is 24.3 Å². The summed E-state index contributed by atoms with van der Waals surface area (Å²) in [7, 11) is 0. The van der Waals surface area contributed by atoms with Crippen LogP contribution in [0.5, 0.6) is 0 Å². The van der Waals surface area contributed by atoms with Crippen molar-refractivity contribution in [2.75, 3.05) is 5.32 Å². The van der Waals surface area contributed by atoms with E-state index in [9.17, 15) is 9.59 Å². The third-order valence-corrected chi connectivity index (χ3v) is 3.72. The molecule has 0 bridgehead atoms. The molecule has 0 saturated heterocycles. The molecule has 110 valence electrons. The summed E-state index contributed by atoms with van der Waals surface area (Å²) in [5.41, 5.74) is 1.30. The molecule has 0 heterocycles. The van der Waals surface area contributed by atoms with Crippen molar-refractivity contribution < 1.29 is 14.7 Å². The first-order valence-electron chi connectivity index (χ1n) is 6.89. The lowest BCUT2D eigenvalue weighted by Crippen LogP contribution is -2.29. The molecule has 1 aromatic rings. The topological polar surface area (TPSA) is 66.4 Å². The van der Waals surface area contributed by atoms with Crippen molar-refractivity contribution in [3.63, 3.8) is 0 Å². The Morgan fingerprint density at radius 2 is 1.80 bits per heavy atom. The summed E-state index contributed by atoms with van der Waals surface area (Å²) in [5, 5.41) is 11.7. The van der Waals surface area contributed by atoms with Crippen LogP contribution in [-0.4, -0.2) is 17.0 Å². The van der Waals surface area contributed by atoms with Gasteiger partial charge in [0.2, 0.25) is 5.91 Å². The fourth-order valence-corrected chi connectivity index (χ4v) is 1.74. The Balaban J connectivity index is 2.72. The number of amides is 1. The minimum atomic E-state index is -0.806. The van der Waals surface area contributed by atoms with Gasteiger partial charge in [-0.05, 0) is 30.0 Å². The Hall–Kier alpha value is -1.84. The number of nitrogens with one attached hydrogen (secondary N) is 1. The lowest BCUT2D eigenvalue weighted by atomic mass is 9.89. The molecule has 0 aliphatic carbocycles. The van der Waals surface area contributed by atoms with Gasteiger partial charge < -0.3 is 10.4 Å². The maximum absolute atomic E-state index is 12.0. The molecule has 0 aliphatic rings. The number of hydrogen-bond acceptors (Lipinski definition) is 2. The first kappa shape index (κ1) is 16.2. The third kappa shape index (κ3) is 4.37. The normalized spacial score (nSPS) is 12.8. The Morgan fingerprint density at radius 3 is 2.25 bits per heavy atom. The summed E-state index contributed by atoms with van der Waals surface area (Å²) in [4.78, 5) is 22.7. The van der Waals surface area contributed by atoms with Crippen LogP contribution in [0.2, 0.25) is 0 Å². The highest BCUT2D eigenvalue weighted by Gasteiger charge is 2.25. The first-order chi connectivity index (χ1) is 9.26. The third-order valence-electron chi connectivity index (χ3n) is 3.72. The molecule has 0 spiro atoms. The van der Waals surface area contributed by atoms with Gasteiger partial charge in [-0.2, -0.15) is 0 Å². The van der Waals surface area contributed by atoms with Crippen LogP contribution in [0.25, 0.3) is 0 Å². The molecule has 0 fully saturated rings. The van der Waals surface area contributed by atoms with Gasteiger partial charge in [-0.25, -0.2) is 0 Å². The van der Waals surface area contributed by atoms with E-state index in [2.05, 4.69) is 5.32 Å². The van der Waals surface area contributed by atoms with Crippen molar-refractivity contribution in [3.05, 3.63) is 29.8 Å². The molecule has 20 heavy (non-hydrogen) atoms. The van der Waals surface area contributed by atoms with E-state index in [1.54, 1.807) is 0 Å². The number of hydrogen-bond donors (Lipinski definition) is 2. The monoisotopic (exact) mass is 277 g/mol. The van der Waals surface area contributed by atoms with E-state index in [1.807, 2.05) is 52.0 Å². The highest BCUT2D eigenvalue weighted by atomic mass is 16.4. The Morgan fingerprint density at radius 1 is 1.25 bits per heavy atom. The van der Waals surface area contributed by atoms with Gasteiger partial charge in [0.05, 0.1) is 6.42 Å². The summed E-state index contributed by atoms with van der Waals surface area (Å²) < 4.78 is 0. The quantitative estimate of drug-likeness (QED) is 0.834. The zero-order chi connectivity index (χ0) is 15.3. The van der Waals surface area contributed by atoms with E-state index in [1.165, 1.54) is 0 Å². The minimum absolute atomic E-state index is 0.00802. The van der Waals surface area contributed by atoms with Gasteiger partial charge in [0.15, 0.2) is 0 Å². The summed E-state index contributed by atoms with van der Waals surface area (Å²) in [6.45, 7) is 7.68. The highest BCUT2D eigenvalue weighted by Crippen LogP contribution is 2.24. The van der Waals surface area contributed by atoms with Crippen molar-refractivity contribution >= 4 is 17.6 Å². The predicted octanol–water partition coefficient (Wildman–Crippen LogP) is 3.64. The Bertz CT molecular complexity index is 477. The van der Waals surface area contributed by atoms with E-state index in [-0.39, 0.29) is 18.2 Å². The molecule has 0 aromatic heterocycles. The number of carboxylic acid groups (broad SMARTS) is 1. The first-order valence-corrected chi connectivity index (χ1v) is 6.89. The second kappa shape index (κ2) is 6.55. The molecule has 0 aliphatic heterocycles. The van der Waals surface area contributed by atoms with Crippen LogP contribution >= 0.6 is 0 Å². The van der Waals surface area contributed by atoms with Crippen LogP contribution in [0.1, 0.15) is 52.0 Å². The molecule has 1 unspecified atom stereocenters. The SMILES string of the molecule is CCC(C)(C)C(=O)Nc1ccc(C(C)CC(=O)O)cc1. The summed E-state index contributed by atoms with van der Waals surface area (Å²) in [6.07, 6.45) is 0.876. The van der Waals surface area contributed by atoms with Gasteiger partial charge in [0, 0.05) is 11.1 Å². The minimum Gasteiger partial charge on any atom is -0.481 e. The number of carbonyl (C=O) groups is 2. The summed E-state index contributed by atoms with van der Waals surface area (Å²) >= 11 is 0. The lowest BCUT2D eigenvalue weighted by Gasteiger charge is -2.21. The molecule has 4 nitrogen and oxygen atoms in total. The summed E-state index contributed by atoms with van der Waals surface area (Å²) in [6, 6.07) is 7.36. The van der Waals surface area contributed by atoms with E-state index >= 15 is 0 Å². The molecule has 1 rings (SSSR count). The van der Waals surface area contributed by atoms with Gasteiger partial charge in [-0.3, -0.25) is 9.59 Å². The number of carboxylic acids is 1. The highest BCUT2D eigenvalue weighted by molar-refractivity contribution is 5.94. The lowest BCUT2D eigenvalue weighted by molar-refractivity contribution is -0.137. The van der Waals surface area contributed by atoms with Crippen LogP contribution in [0, 0.1) is 5.41 Å². The number of anilines is 1. The molecule has 0 saturated carbocycles. The number of aliphatic carboxylic acids is 1. The van der Waals surface area contributed by atoms with Crippen LogP contribution in [0.3, 0.4) is 0 Å². The van der Waals surface area contributed by atoms with Gasteiger partial charge in [-0.1, -0.05) is 39.8 Å². The fraction of sp³-hybridized carbons (Fsp3) is 0.500. The zero-order valence-corrected chi connectivity index (χ0v) is 12.6. The molecule has 1 amide bonds. The Kier molecular flexibility index (Phi) is 5.31. The second-order valence-corrected chi connectivity index (χ2v) is 5.81. The fourth-order valence-electron chi connectivity index (χ4n) is 1.74. The van der Waals surface area contributed by atoms with Crippen molar-refractivity contribution in [1.82, 2.24) is 0 Å². The number of rotatable bonds is 6. The number of benzene rings is 1. The number of carbonyl (C=O) groups excluding carboxylic acids is 1. The molecule has 0 radical (unpaired) electrons. The molecule has 1 aromatic carbocycles. The predicted molar refractivity (Wildman–Crippen MR) is 79.8 cm³/mol. The van der Waals surface area contributed by atoms with Crippen molar-refractivity contribution in [2.24, 2.45) is 5.41 Å². The van der Waals surface area contributed by atoms with E-state index in [0.717, 1.165) is 17.7 Å². The van der Waals surface area contributed by atoms with Gasteiger partial charge in [0.1, 0.15) is 0 Å². The molecular weight excluding hydrogens is 254 g/mol. The molecule has 1 atom stereocenters. The van der Waals surface area contributed by atoms with Gasteiger partial charge in [0.25, 0.3) is 0 Å².